The Labute approximate surface area is 175 Å². The molecule has 0 unspecified atom stereocenters. The Morgan fingerprint density at radius 1 is 0.963 bits per heavy atom. The first-order valence-corrected chi connectivity index (χ1v) is 8.59. The third-order valence-corrected chi connectivity index (χ3v) is 4.42. The zero-order valence-electron chi connectivity index (χ0n) is 14.0. The molecule has 0 atom stereocenters. The molecular weight excluding hydrogens is 385 g/mol. The summed E-state index contributed by atoms with van der Waals surface area (Å²) in [6.45, 7) is 0. The first-order valence-electron chi connectivity index (χ1n) is 7.15. The predicted octanol–water partition coefficient (Wildman–Crippen LogP) is 3.73. The maximum Gasteiger partial charge on any atom is 0.294 e. The van der Waals surface area contributed by atoms with Gasteiger partial charge in [0, 0.05) is 47.1 Å². The molecule has 27 heavy (non-hydrogen) atoms. The van der Waals surface area contributed by atoms with Crippen molar-refractivity contribution in [3.05, 3.63) is 64.7 Å². The summed E-state index contributed by atoms with van der Waals surface area (Å²) in [7, 11) is -4.36. The van der Waals surface area contributed by atoms with Gasteiger partial charge in [-0.1, -0.05) is 12.1 Å². The number of aromatic hydroxyl groups is 1. The number of nitro benzene ring substituents is 1. The number of hydrogen-bond acceptors (Lipinski definition) is 7. The molecule has 0 aliphatic heterocycles. The molecule has 3 aromatic carbocycles. The minimum atomic E-state index is -4.36. The number of hydrogen-bond donors (Lipinski definition) is 2. The van der Waals surface area contributed by atoms with Crippen molar-refractivity contribution >= 4 is 67.5 Å². The van der Waals surface area contributed by atoms with Crippen LogP contribution in [-0.2, 0) is 10.1 Å². The number of azo groups is 1. The van der Waals surface area contributed by atoms with Crippen LogP contribution >= 0.6 is 0 Å². The van der Waals surface area contributed by atoms with Gasteiger partial charge in [0.05, 0.1) is 15.5 Å². The average molecular weight is 396 g/mol. The van der Waals surface area contributed by atoms with E-state index in [9.17, 15) is 23.6 Å². The topological polar surface area (TPSA) is 142 Å². The zero-order valence-corrected chi connectivity index (χ0v) is 16.8. The molecular formula is C16H11N3NaO6S. The van der Waals surface area contributed by atoms with Crippen molar-refractivity contribution in [3.8, 4) is 5.75 Å². The number of phenols is 1. The molecule has 3 rings (SSSR count). The third kappa shape index (κ3) is 4.67. The van der Waals surface area contributed by atoms with E-state index in [0.717, 1.165) is 0 Å². The van der Waals surface area contributed by atoms with E-state index in [4.69, 9.17) is 4.55 Å². The van der Waals surface area contributed by atoms with E-state index in [-0.39, 0.29) is 51.6 Å². The molecule has 1 radical (unpaired) electrons. The number of nitro groups is 1. The second kappa shape index (κ2) is 8.11. The Kier molecular flexibility index (Phi) is 6.29. The first kappa shape index (κ1) is 20.9. The normalized spacial score (nSPS) is 11.4. The molecule has 133 valence electrons. The molecule has 0 saturated heterocycles. The van der Waals surface area contributed by atoms with Gasteiger partial charge in [-0.3, -0.25) is 14.7 Å². The van der Waals surface area contributed by atoms with Gasteiger partial charge >= 0.3 is 0 Å². The summed E-state index contributed by atoms with van der Waals surface area (Å²) in [4.78, 5) is 9.82. The van der Waals surface area contributed by atoms with E-state index in [2.05, 4.69) is 10.2 Å². The molecule has 0 amide bonds. The van der Waals surface area contributed by atoms with Gasteiger partial charge in [0.15, 0.2) is 0 Å². The van der Waals surface area contributed by atoms with Gasteiger partial charge in [-0.05, 0) is 35.7 Å². The van der Waals surface area contributed by atoms with Crippen LogP contribution in [0.15, 0.2) is 69.7 Å². The fourth-order valence-electron chi connectivity index (χ4n) is 2.29. The van der Waals surface area contributed by atoms with E-state index >= 15 is 0 Å². The molecule has 0 aliphatic carbocycles. The number of benzene rings is 3. The molecule has 0 saturated carbocycles. The molecule has 3 aromatic rings. The summed E-state index contributed by atoms with van der Waals surface area (Å²) < 4.78 is 31.6. The summed E-state index contributed by atoms with van der Waals surface area (Å²) >= 11 is 0. The number of phenolic OH excluding ortho intramolecular Hbond substituents is 1. The number of fused-ring (bicyclic) bond motifs is 1. The van der Waals surface area contributed by atoms with Crippen LogP contribution in [0.4, 0.5) is 17.1 Å². The fourth-order valence-corrected chi connectivity index (χ4v) is 2.81. The van der Waals surface area contributed by atoms with Crippen molar-refractivity contribution in [3.63, 3.8) is 0 Å². The molecule has 0 fully saturated rings. The van der Waals surface area contributed by atoms with Crippen LogP contribution in [-0.4, -0.2) is 52.6 Å². The van der Waals surface area contributed by atoms with Crippen molar-refractivity contribution in [1.29, 1.82) is 0 Å². The zero-order chi connectivity index (χ0) is 18.9. The minimum Gasteiger partial charge on any atom is -0.506 e. The second-order valence-electron chi connectivity index (χ2n) is 5.26. The summed E-state index contributed by atoms with van der Waals surface area (Å²) in [6, 6.07) is 12.0. The van der Waals surface area contributed by atoms with Crippen LogP contribution in [0.5, 0.6) is 5.75 Å². The van der Waals surface area contributed by atoms with Crippen LogP contribution in [0.2, 0.25) is 0 Å². The van der Waals surface area contributed by atoms with Crippen LogP contribution < -0.4 is 0 Å². The minimum absolute atomic E-state index is 0. The van der Waals surface area contributed by atoms with E-state index in [1.807, 2.05) is 0 Å². The molecule has 0 spiro atoms. The van der Waals surface area contributed by atoms with Crippen LogP contribution in [0.1, 0.15) is 0 Å². The summed E-state index contributed by atoms with van der Waals surface area (Å²) in [6.07, 6.45) is 0. The van der Waals surface area contributed by atoms with Crippen molar-refractivity contribution < 1.29 is 23.0 Å². The van der Waals surface area contributed by atoms with Crippen LogP contribution in [0.3, 0.4) is 0 Å². The third-order valence-electron chi connectivity index (χ3n) is 3.57. The van der Waals surface area contributed by atoms with Crippen LogP contribution in [0.25, 0.3) is 10.8 Å². The van der Waals surface area contributed by atoms with Crippen molar-refractivity contribution in [2.75, 3.05) is 0 Å². The maximum atomic E-state index is 11.2. The van der Waals surface area contributed by atoms with E-state index in [1.165, 1.54) is 54.6 Å². The van der Waals surface area contributed by atoms with Crippen LogP contribution in [0, 0.1) is 10.1 Å². The van der Waals surface area contributed by atoms with Crippen molar-refractivity contribution in [1.82, 2.24) is 0 Å². The largest absolute Gasteiger partial charge is 0.506 e. The Morgan fingerprint density at radius 2 is 1.63 bits per heavy atom. The average Bonchev–Trinajstić information content (AvgIpc) is 2.60. The van der Waals surface area contributed by atoms with Crippen molar-refractivity contribution in [2.45, 2.75) is 4.90 Å². The number of non-ortho nitro benzene ring substituents is 1. The Balaban J connectivity index is 0.00000261. The Bertz CT molecular complexity index is 1150. The van der Waals surface area contributed by atoms with E-state index in [1.54, 1.807) is 0 Å². The van der Waals surface area contributed by atoms with Crippen molar-refractivity contribution in [2.24, 2.45) is 10.2 Å². The van der Waals surface area contributed by atoms with Gasteiger partial charge in [0.1, 0.15) is 11.4 Å². The molecule has 2 N–H and O–H groups in total. The predicted molar refractivity (Wildman–Crippen MR) is 98.5 cm³/mol. The quantitative estimate of drug-likeness (QED) is 0.226. The molecule has 9 nitrogen and oxygen atoms in total. The van der Waals surface area contributed by atoms with Gasteiger partial charge in [0.2, 0.25) is 0 Å². The fraction of sp³-hybridized carbons (Fsp3) is 0. The SMILES string of the molecule is O=[N+]([O-])c1ccc(N=Nc2c(O)ccc3cc(S(=O)(=O)O)ccc23)cc1.[Na]. The summed E-state index contributed by atoms with van der Waals surface area (Å²) in [5, 5.41) is 29.4. The molecule has 0 aliphatic rings. The second-order valence-corrected chi connectivity index (χ2v) is 6.69. The standard InChI is InChI=1S/C16H11N3O6S.Na/c20-15-8-1-10-9-13(26(23,24)25)6-7-14(10)16(15)18-17-11-2-4-12(5-3-11)19(21)22;/h1-9,20H,(H,23,24,25);. The molecule has 0 aromatic heterocycles. The maximum absolute atomic E-state index is 11.2. The Hall–Kier alpha value is -2.37. The summed E-state index contributed by atoms with van der Waals surface area (Å²) in [5.74, 6) is -0.178. The van der Waals surface area contributed by atoms with E-state index in [0.29, 0.717) is 16.5 Å². The van der Waals surface area contributed by atoms with Gasteiger partial charge in [-0.2, -0.15) is 13.5 Å². The van der Waals surface area contributed by atoms with Gasteiger partial charge in [-0.15, -0.1) is 5.11 Å². The van der Waals surface area contributed by atoms with Gasteiger partial charge < -0.3 is 5.11 Å². The Morgan fingerprint density at radius 3 is 2.22 bits per heavy atom. The molecule has 0 heterocycles. The van der Waals surface area contributed by atoms with Gasteiger partial charge in [-0.25, -0.2) is 0 Å². The number of rotatable bonds is 4. The number of nitrogens with zero attached hydrogens (tertiary/aromatic N) is 3. The smallest absolute Gasteiger partial charge is 0.294 e. The molecule has 0 bridgehead atoms. The molecule has 11 heteroatoms. The van der Waals surface area contributed by atoms with Gasteiger partial charge in [0.25, 0.3) is 15.8 Å². The summed E-state index contributed by atoms with van der Waals surface area (Å²) in [5.41, 5.74) is 0.346. The first-order chi connectivity index (χ1) is 12.3. The monoisotopic (exact) mass is 396 g/mol. The van der Waals surface area contributed by atoms with E-state index < -0.39 is 15.0 Å².